The van der Waals surface area contributed by atoms with Crippen LogP contribution in [0, 0.1) is 12.3 Å². The number of pyridine rings is 1. The van der Waals surface area contributed by atoms with Crippen molar-refractivity contribution in [2.75, 3.05) is 11.9 Å². The minimum absolute atomic E-state index is 0.0887. The Labute approximate surface area is 112 Å². The zero-order valence-electron chi connectivity index (χ0n) is 10.9. The van der Waals surface area contributed by atoms with E-state index in [4.69, 9.17) is 5.11 Å². The lowest BCUT2D eigenvalue weighted by molar-refractivity contribution is 0.235. The van der Waals surface area contributed by atoms with Gasteiger partial charge in [0.1, 0.15) is 5.82 Å². The molecule has 1 aromatic rings. The predicted octanol–water partition coefficient (Wildman–Crippen LogP) is 3.36. The normalized spacial score (nSPS) is 13.5. The first-order valence-corrected chi connectivity index (χ1v) is 6.64. The standard InChI is InChI=1S/C13H21BrN2O/c1-9-10(14)5-6-12(15-9)16-11(7-8-17)13(2,3)4/h5-6,11,17H,7-8H2,1-4H3,(H,15,16). The molecule has 0 aliphatic rings. The Kier molecular flexibility index (Phi) is 4.95. The summed E-state index contributed by atoms with van der Waals surface area (Å²) in [5, 5.41) is 12.5. The molecule has 0 fully saturated rings. The highest BCUT2D eigenvalue weighted by molar-refractivity contribution is 9.10. The fourth-order valence-corrected chi connectivity index (χ4v) is 1.87. The van der Waals surface area contributed by atoms with Gasteiger partial charge in [-0.25, -0.2) is 4.98 Å². The maximum Gasteiger partial charge on any atom is 0.126 e. The van der Waals surface area contributed by atoms with E-state index in [2.05, 4.69) is 47.0 Å². The van der Waals surface area contributed by atoms with E-state index in [9.17, 15) is 0 Å². The highest BCUT2D eigenvalue weighted by atomic mass is 79.9. The van der Waals surface area contributed by atoms with Crippen LogP contribution in [0.1, 0.15) is 32.9 Å². The van der Waals surface area contributed by atoms with Gasteiger partial charge in [0.25, 0.3) is 0 Å². The molecular formula is C13H21BrN2O. The van der Waals surface area contributed by atoms with E-state index in [0.29, 0.717) is 0 Å². The van der Waals surface area contributed by atoms with E-state index in [1.54, 1.807) is 0 Å². The van der Waals surface area contributed by atoms with Crippen LogP contribution in [0.2, 0.25) is 0 Å². The zero-order valence-corrected chi connectivity index (χ0v) is 12.5. The van der Waals surface area contributed by atoms with Crippen molar-refractivity contribution in [3.8, 4) is 0 Å². The molecule has 2 N–H and O–H groups in total. The summed E-state index contributed by atoms with van der Waals surface area (Å²) < 4.78 is 1.01. The summed E-state index contributed by atoms with van der Waals surface area (Å²) in [7, 11) is 0. The molecule has 96 valence electrons. The van der Waals surface area contributed by atoms with Gasteiger partial charge in [-0.15, -0.1) is 0 Å². The van der Waals surface area contributed by atoms with Gasteiger partial charge in [-0.05, 0) is 46.8 Å². The Balaban J connectivity index is 2.82. The lowest BCUT2D eigenvalue weighted by Crippen LogP contribution is -2.35. The Morgan fingerprint density at radius 2 is 2.06 bits per heavy atom. The minimum atomic E-state index is 0.0887. The fourth-order valence-electron chi connectivity index (χ4n) is 1.65. The number of aryl methyl sites for hydroxylation is 1. The van der Waals surface area contributed by atoms with Gasteiger partial charge in [0, 0.05) is 17.1 Å². The van der Waals surface area contributed by atoms with E-state index in [1.807, 2.05) is 19.1 Å². The van der Waals surface area contributed by atoms with Gasteiger partial charge in [0.15, 0.2) is 0 Å². The number of hydrogen-bond donors (Lipinski definition) is 2. The summed E-state index contributed by atoms with van der Waals surface area (Å²) in [5.41, 5.74) is 1.05. The van der Waals surface area contributed by atoms with Crippen molar-refractivity contribution in [1.82, 2.24) is 4.98 Å². The van der Waals surface area contributed by atoms with Gasteiger partial charge in [0.2, 0.25) is 0 Å². The van der Waals surface area contributed by atoms with Crippen molar-refractivity contribution in [3.63, 3.8) is 0 Å². The summed E-state index contributed by atoms with van der Waals surface area (Å²) >= 11 is 3.44. The van der Waals surface area contributed by atoms with E-state index < -0.39 is 0 Å². The Morgan fingerprint density at radius 3 is 2.53 bits per heavy atom. The molecule has 0 amide bonds. The van der Waals surface area contributed by atoms with Gasteiger partial charge in [0.05, 0.1) is 5.69 Å². The van der Waals surface area contributed by atoms with Gasteiger partial charge < -0.3 is 10.4 Å². The lowest BCUT2D eigenvalue weighted by Gasteiger charge is -2.31. The molecule has 1 heterocycles. The van der Waals surface area contributed by atoms with Gasteiger partial charge in [-0.2, -0.15) is 0 Å². The lowest BCUT2D eigenvalue weighted by atomic mass is 9.85. The number of hydrogen-bond acceptors (Lipinski definition) is 3. The molecule has 0 saturated carbocycles. The van der Waals surface area contributed by atoms with Crippen LogP contribution in [0.3, 0.4) is 0 Å². The maximum atomic E-state index is 9.11. The Hall–Kier alpha value is -0.610. The summed E-state index contributed by atoms with van der Waals surface area (Å²) in [6.07, 6.45) is 0.723. The second kappa shape index (κ2) is 5.83. The number of nitrogens with zero attached hydrogens (tertiary/aromatic N) is 1. The van der Waals surface area contributed by atoms with E-state index in [1.165, 1.54) is 0 Å². The highest BCUT2D eigenvalue weighted by Crippen LogP contribution is 2.25. The molecule has 1 unspecified atom stereocenters. The SMILES string of the molecule is Cc1nc(NC(CCO)C(C)(C)C)ccc1Br. The Bertz CT molecular complexity index is 374. The predicted molar refractivity (Wildman–Crippen MR) is 75.2 cm³/mol. The molecule has 1 rings (SSSR count). The van der Waals surface area contributed by atoms with Crippen molar-refractivity contribution in [2.24, 2.45) is 5.41 Å². The van der Waals surface area contributed by atoms with Crippen LogP contribution in [0.4, 0.5) is 5.82 Å². The molecule has 0 bridgehead atoms. The molecular weight excluding hydrogens is 280 g/mol. The third kappa shape index (κ3) is 4.28. The average Bonchev–Trinajstić information content (AvgIpc) is 2.21. The number of nitrogens with one attached hydrogen (secondary N) is 1. The maximum absolute atomic E-state index is 9.11. The quantitative estimate of drug-likeness (QED) is 0.896. The number of aliphatic hydroxyl groups is 1. The molecule has 0 aromatic carbocycles. The largest absolute Gasteiger partial charge is 0.396 e. The van der Waals surface area contributed by atoms with E-state index in [0.717, 1.165) is 22.4 Å². The number of halogens is 1. The van der Waals surface area contributed by atoms with Crippen molar-refractivity contribution in [2.45, 2.75) is 40.2 Å². The van der Waals surface area contributed by atoms with Crippen molar-refractivity contribution in [3.05, 3.63) is 22.3 Å². The molecule has 17 heavy (non-hydrogen) atoms. The molecule has 0 aliphatic heterocycles. The molecule has 1 atom stereocenters. The van der Waals surface area contributed by atoms with Crippen molar-refractivity contribution in [1.29, 1.82) is 0 Å². The molecule has 3 nitrogen and oxygen atoms in total. The Morgan fingerprint density at radius 1 is 1.41 bits per heavy atom. The number of aromatic nitrogens is 1. The highest BCUT2D eigenvalue weighted by Gasteiger charge is 2.24. The summed E-state index contributed by atoms with van der Waals surface area (Å²) in [6, 6.07) is 4.15. The van der Waals surface area contributed by atoms with Gasteiger partial charge in [-0.3, -0.25) is 0 Å². The van der Waals surface area contributed by atoms with Crippen LogP contribution in [0.5, 0.6) is 0 Å². The summed E-state index contributed by atoms with van der Waals surface area (Å²) in [4.78, 5) is 4.47. The first-order chi connectivity index (χ1) is 7.84. The second-order valence-electron chi connectivity index (χ2n) is 5.34. The van der Waals surface area contributed by atoms with Crippen LogP contribution in [-0.4, -0.2) is 22.7 Å². The van der Waals surface area contributed by atoms with Crippen LogP contribution < -0.4 is 5.32 Å². The van der Waals surface area contributed by atoms with Crippen molar-refractivity contribution < 1.29 is 5.11 Å². The first-order valence-electron chi connectivity index (χ1n) is 5.85. The molecule has 4 heteroatoms. The van der Waals surface area contributed by atoms with Crippen LogP contribution in [0.15, 0.2) is 16.6 Å². The molecule has 1 aromatic heterocycles. The van der Waals surface area contributed by atoms with Crippen LogP contribution >= 0.6 is 15.9 Å². The molecule has 0 aliphatic carbocycles. The third-order valence-corrected chi connectivity index (χ3v) is 3.64. The van der Waals surface area contributed by atoms with Crippen molar-refractivity contribution >= 4 is 21.7 Å². The fraction of sp³-hybridized carbons (Fsp3) is 0.615. The van der Waals surface area contributed by atoms with Crippen LogP contribution in [0.25, 0.3) is 0 Å². The monoisotopic (exact) mass is 300 g/mol. The second-order valence-corrected chi connectivity index (χ2v) is 6.19. The van der Waals surface area contributed by atoms with Gasteiger partial charge in [-0.1, -0.05) is 20.8 Å². The summed E-state index contributed by atoms with van der Waals surface area (Å²) in [5.74, 6) is 0.860. The number of anilines is 1. The van der Waals surface area contributed by atoms with Gasteiger partial charge >= 0.3 is 0 Å². The van der Waals surface area contributed by atoms with Crippen LogP contribution in [-0.2, 0) is 0 Å². The molecule has 0 spiro atoms. The van der Waals surface area contributed by atoms with E-state index in [-0.39, 0.29) is 18.1 Å². The topological polar surface area (TPSA) is 45.2 Å². The molecule has 0 radical (unpaired) electrons. The zero-order chi connectivity index (χ0) is 13.1. The average molecular weight is 301 g/mol. The smallest absolute Gasteiger partial charge is 0.126 e. The summed E-state index contributed by atoms with van der Waals surface area (Å²) in [6.45, 7) is 8.63. The van der Waals surface area contributed by atoms with E-state index >= 15 is 0 Å². The third-order valence-electron chi connectivity index (χ3n) is 2.81. The minimum Gasteiger partial charge on any atom is -0.396 e. The first kappa shape index (κ1) is 14.5. The number of rotatable bonds is 4. The molecule has 0 saturated heterocycles. The number of aliphatic hydroxyl groups excluding tert-OH is 1.